The van der Waals surface area contributed by atoms with Crippen molar-refractivity contribution in [3.8, 4) is 0 Å². The van der Waals surface area contributed by atoms with Crippen LogP contribution < -0.4 is 15.8 Å². The largest absolute Gasteiger partial charge is 0.338 e. The number of urea groups is 1. The van der Waals surface area contributed by atoms with E-state index < -0.39 is 10.0 Å². The van der Waals surface area contributed by atoms with Crippen LogP contribution in [-0.2, 0) is 23.0 Å². The second-order valence-electron chi connectivity index (χ2n) is 5.18. The maximum Gasteiger partial charge on any atom is 0.315 e. The first-order chi connectivity index (χ1) is 11.3. The van der Waals surface area contributed by atoms with Crippen molar-refractivity contribution in [2.24, 2.45) is 5.14 Å². The van der Waals surface area contributed by atoms with Gasteiger partial charge >= 0.3 is 6.03 Å². The molecule has 0 saturated carbocycles. The van der Waals surface area contributed by atoms with Crippen molar-refractivity contribution in [3.05, 3.63) is 65.5 Å². The minimum Gasteiger partial charge on any atom is -0.338 e. The Hall–Kier alpha value is -2.45. The van der Waals surface area contributed by atoms with Crippen molar-refractivity contribution < 1.29 is 17.6 Å². The molecule has 0 spiro atoms. The monoisotopic (exact) mass is 351 g/mol. The minimum atomic E-state index is -3.70. The lowest BCUT2D eigenvalue weighted by Gasteiger charge is -2.08. The summed E-state index contributed by atoms with van der Waals surface area (Å²) in [6, 6.07) is 11.8. The van der Waals surface area contributed by atoms with Gasteiger partial charge in [-0.05, 0) is 41.8 Å². The quantitative estimate of drug-likeness (QED) is 0.735. The molecule has 0 aliphatic heterocycles. The fraction of sp³-hybridized carbons (Fsp3) is 0.188. The Morgan fingerprint density at radius 3 is 2.38 bits per heavy atom. The van der Waals surface area contributed by atoms with Crippen LogP contribution in [0.25, 0.3) is 0 Å². The van der Waals surface area contributed by atoms with Gasteiger partial charge in [-0.3, -0.25) is 0 Å². The SMILES string of the molecule is NS(=O)(=O)c1ccc(CCNC(=O)NCc2cccc(F)c2)cc1. The molecule has 128 valence electrons. The van der Waals surface area contributed by atoms with Gasteiger partial charge < -0.3 is 10.6 Å². The van der Waals surface area contributed by atoms with Crippen molar-refractivity contribution in [3.63, 3.8) is 0 Å². The summed E-state index contributed by atoms with van der Waals surface area (Å²) in [5.74, 6) is -0.349. The molecule has 0 fully saturated rings. The predicted octanol–water partition coefficient (Wildman–Crippen LogP) is 1.51. The van der Waals surface area contributed by atoms with Gasteiger partial charge in [0.2, 0.25) is 10.0 Å². The molecule has 2 rings (SSSR count). The molecule has 4 N–H and O–H groups in total. The summed E-state index contributed by atoms with van der Waals surface area (Å²) in [6.07, 6.45) is 0.540. The number of primary sulfonamides is 1. The molecule has 0 aliphatic carbocycles. The number of carbonyl (C=O) groups excluding carboxylic acids is 1. The molecule has 24 heavy (non-hydrogen) atoms. The molecular formula is C16H18FN3O3S. The Labute approximate surface area is 139 Å². The van der Waals surface area contributed by atoms with E-state index in [4.69, 9.17) is 5.14 Å². The zero-order valence-corrected chi connectivity index (χ0v) is 13.6. The van der Waals surface area contributed by atoms with E-state index in [2.05, 4.69) is 10.6 Å². The van der Waals surface area contributed by atoms with E-state index in [-0.39, 0.29) is 23.3 Å². The topological polar surface area (TPSA) is 101 Å². The van der Waals surface area contributed by atoms with Gasteiger partial charge in [0.1, 0.15) is 5.82 Å². The molecule has 0 bridgehead atoms. The molecule has 8 heteroatoms. The number of sulfonamides is 1. The Kier molecular flexibility index (Phi) is 5.88. The van der Waals surface area contributed by atoms with E-state index in [1.165, 1.54) is 24.3 Å². The van der Waals surface area contributed by atoms with Crippen molar-refractivity contribution >= 4 is 16.1 Å². The fourth-order valence-corrected chi connectivity index (χ4v) is 2.57. The Morgan fingerprint density at radius 2 is 1.75 bits per heavy atom. The number of carbonyl (C=O) groups is 1. The summed E-state index contributed by atoms with van der Waals surface area (Å²) in [6.45, 7) is 0.607. The fourth-order valence-electron chi connectivity index (χ4n) is 2.06. The van der Waals surface area contributed by atoms with Crippen LogP contribution in [0.4, 0.5) is 9.18 Å². The lowest BCUT2D eigenvalue weighted by Crippen LogP contribution is -2.36. The smallest absolute Gasteiger partial charge is 0.315 e. The lowest BCUT2D eigenvalue weighted by molar-refractivity contribution is 0.240. The zero-order valence-electron chi connectivity index (χ0n) is 12.8. The Morgan fingerprint density at radius 1 is 1.04 bits per heavy atom. The molecule has 0 heterocycles. The normalized spacial score (nSPS) is 11.1. The maximum atomic E-state index is 13.0. The van der Waals surface area contributed by atoms with Crippen LogP contribution in [-0.4, -0.2) is 21.0 Å². The van der Waals surface area contributed by atoms with E-state index in [0.29, 0.717) is 18.5 Å². The Balaban J connectivity index is 1.74. The highest BCUT2D eigenvalue weighted by Crippen LogP contribution is 2.09. The average molecular weight is 351 g/mol. The van der Waals surface area contributed by atoms with Gasteiger partial charge in [0.05, 0.1) is 4.90 Å². The summed E-state index contributed by atoms with van der Waals surface area (Å²) in [4.78, 5) is 11.7. The van der Waals surface area contributed by atoms with Gasteiger partial charge in [0, 0.05) is 13.1 Å². The number of hydrogen-bond donors (Lipinski definition) is 3. The average Bonchev–Trinajstić information content (AvgIpc) is 2.53. The molecule has 0 unspecified atom stereocenters. The number of amides is 2. The maximum absolute atomic E-state index is 13.0. The Bertz CT molecular complexity index is 808. The molecule has 0 radical (unpaired) electrons. The first-order valence-electron chi connectivity index (χ1n) is 7.22. The third-order valence-corrected chi connectivity index (χ3v) is 4.22. The standard InChI is InChI=1S/C16H18FN3O3S/c17-14-3-1-2-13(10-14)11-20-16(21)19-9-8-12-4-6-15(7-5-12)24(18,22)23/h1-7,10H,8-9,11H2,(H2,18,22,23)(H2,19,20,21). The number of nitrogens with one attached hydrogen (secondary N) is 2. The first kappa shape index (κ1) is 17.9. The molecular weight excluding hydrogens is 333 g/mol. The molecule has 0 aliphatic rings. The number of rotatable bonds is 6. The highest BCUT2D eigenvalue weighted by atomic mass is 32.2. The van der Waals surface area contributed by atoms with Crippen LogP contribution in [0.3, 0.4) is 0 Å². The second kappa shape index (κ2) is 7.89. The molecule has 2 amide bonds. The summed E-state index contributed by atoms with van der Waals surface area (Å²) >= 11 is 0. The zero-order chi connectivity index (χ0) is 17.6. The van der Waals surface area contributed by atoms with Gasteiger partial charge in [-0.15, -0.1) is 0 Å². The van der Waals surface area contributed by atoms with Crippen LogP contribution in [0.5, 0.6) is 0 Å². The summed E-state index contributed by atoms with van der Waals surface area (Å²) in [7, 11) is -3.70. The lowest BCUT2D eigenvalue weighted by atomic mass is 10.1. The number of benzene rings is 2. The van der Waals surface area contributed by atoms with Crippen molar-refractivity contribution in [2.75, 3.05) is 6.54 Å². The molecule has 0 atom stereocenters. The molecule has 0 aromatic heterocycles. The van der Waals surface area contributed by atoms with Crippen molar-refractivity contribution in [2.45, 2.75) is 17.9 Å². The van der Waals surface area contributed by atoms with Crippen molar-refractivity contribution in [1.29, 1.82) is 0 Å². The highest BCUT2D eigenvalue weighted by molar-refractivity contribution is 7.89. The van der Waals surface area contributed by atoms with Crippen LogP contribution in [0, 0.1) is 5.82 Å². The van der Waals surface area contributed by atoms with E-state index >= 15 is 0 Å². The van der Waals surface area contributed by atoms with Gasteiger partial charge in [-0.1, -0.05) is 24.3 Å². The number of hydrogen-bond acceptors (Lipinski definition) is 3. The molecule has 0 saturated heterocycles. The molecule has 6 nitrogen and oxygen atoms in total. The van der Waals surface area contributed by atoms with E-state index in [0.717, 1.165) is 5.56 Å². The van der Waals surface area contributed by atoms with Crippen molar-refractivity contribution in [1.82, 2.24) is 10.6 Å². The van der Waals surface area contributed by atoms with Crippen LogP contribution in [0.15, 0.2) is 53.4 Å². The van der Waals surface area contributed by atoms with Gasteiger partial charge in [-0.2, -0.15) is 0 Å². The number of halogens is 1. The summed E-state index contributed by atoms with van der Waals surface area (Å²) in [5, 5.41) is 10.3. The van der Waals surface area contributed by atoms with Crippen LogP contribution in [0.1, 0.15) is 11.1 Å². The minimum absolute atomic E-state index is 0.0482. The van der Waals surface area contributed by atoms with E-state index in [9.17, 15) is 17.6 Å². The highest BCUT2D eigenvalue weighted by Gasteiger charge is 2.07. The molecule has 2 aromatic carbocycles. The van der Waals surface area contributed by atoms with Crippen LogP contribution in [0.2, 0.25) is 0 Å². The molecule has 2 aromatic rings. The first-order valence-corrected chi connectivity index (χ1v) is 8.77. The van der Waals surface area contributed by atoms with E-state index in [1.807, 2.05) is 0 Å². The van der Waals surface area contributed by atoms with Gasteiger partial charge in [0.25, 0.3) is 0 Å². The van der Waals surface area contributed by atoms with Crippen LogP contribution >= 0.6 is 0 Å². The predicted molar refractivity (Wildman–Crippen MR) is 88.2 cm³/mol. The number of nitrogens with two attached hydrogens (primary N) is 1. The van der Waals surface area contributed by atoms with Gasteiger partial charge in [0.15, 0.2) is 0 Å². The second-order valence-corrected chi connectivity index (χ2v) is 6.74. The summed E-state index contributed by atoms with van der Waals surface area (Å²) in [5.41, 5.74) is 1.54. The third-order valence-electron chi connectivity index (χ3n) is 3.29. The van der Waals surface area contributed by atoms with E-state index in [1.54, 1.807) is 24.3 Å². The third kappa shape index (κ3) is 5.64. The summed E-state index contributed by atoms with van der Waals surface area (Å²) < 4.78 is 35.3. The van der Waals surface area contributed by atoms with Gasteiger partial charge in [-0.25, -0.2) is 22.7 Å².